The van der Waals surface area contributed by atoms with E-state index < -0.39 is 6.61 Å². The fraction of sp³-hybridized carbons (Fsp3) is 0.364. The molecule has 0 aliphatic rings. The van der Waals surface area contributed by atoms with Crippen molar-refractivity contribution in [1.29, 1.82) is 0 Å². The van der Waals surface area contributed by atoms with Crippen LogP contribution in [0, 0.1) is 0 Å². The minimum Gasteiger partial charge on any atom is -0.494 e. The van der Waals surface area contributed by atoms with Gasteiger partial charge in [0.05, 0.1) is 19.8 Å². The molecule has 0 atom stereocenters. The zero-order valence-corrected chi connectivity index (χ0v) is 17.7. The average molecular weight is 433 g/mol. The Bertz CT molecular complexity index is 964. The lowest BCUT2D eigenvalue weighted by Crippen LogP contribution is -2.17. The summed E-state index contributed by atoms with van der Waals surface area (Å²) in [7, 11) is 1.89. The van der Waals surface area contributed by atoms with Crippen molar-refractivity contribution in [3.05, 3.63) is 53.9 Å². The first-order valence-corrected chi connectivity index (χ1v) is 9.93. The summed E-state index contributed by atoms with van der Waals surface area (Å²) in [5.41, 5.74) is 1.70. The molecule has 0 radical (unpaired) electrons. The van der Waals surface area contributed by atoms with E-state index in [1.165, 1.54) is 6.07 Å². The van der Waals surface area contributed by atoms with E-state index in [2.05, 4.69) is 14.9 Å². The summed E-state index contributed by atoms with van der Waals surface area (Å²) in [4.78, 5) is 6.41. The van der Waals surface area contributed by atoms with Gasteiger partial charge in [0.15, 0.2) is 11.5 Å². The molecule has 7 nitrogen and oxygen atoms in total. The third-order valence-corrected chi connectivity index (χ3v) is 4.27. The van der Waals surface area contributed by atoms with Crippen molar-refractivity contribution >= 4 is 0 Å². The molecule has 0 saturated carbocycles. The van der Waals surface area contributed by atoms with Gasteiger partial charge in [0.25, 0.3) is 0 Å². The van der Waals surface area contributed by atoms with Crippen LogP contribution in [0.25, 0.3) is 11.4 Å². The van der Waals surface area contributed by atoms with Crippen LogP contribution in [0.2, 0.25) is 0 Å². The third kappa shape index (κ3) is 6.39. The summed E-state index contributed by atoms with van der Waals surface area (Å²) >= 11 is 0. The van der Waals surface area contributed by atoms with E-state index in [1.807, 2.05) is 43.1 Å². The molecule has 0 aliphatic carbocycles. The van der Waals surface area contributed by atoms with Crippen LogP contribution in [-0.4, -0.2) is 41.9 Å². The monoisotopic (exact) mass is 433 g/mol. The van der Waals surface area contributed by atoms with Crippen molar-refractivity contribution in [2.45, 2.75) is 33.5 Å². The minimum absolute atomic E-state index is 0.0140. The molecule has 0 bridgehead atoms. The fourth-order valence-electron chi connectivity index (χ4n) is 3.01. The van der Waals surface area contributed by atoms with Crippen molar-refractivity contribution in [1.82, 2.24) is 15.0 Å². The standard InChI is InChI=1S/C22H25F2N3O4/c1-4-28-17-9-7-16(8-10-17)21-25-20(31-26-21)14-27(3)13-15-6-11-18(30-22(23)24)19(12-15)29-5-2/h6-12,22H,4-5,13-14H2,1-3H3. The van der Waals surface area contributed by atoms with E-state index >= 15 is 0 Å². The van der Waals surface area contributed by atoms with Gasteiger partial charge in [0.1, 0.15) is 5.75 Å². The van der Waals surface area contributed by atoms with Gasteiger partial charge in [0, 0.05) is 12.1 Å². The van der Waals surface area contributed by atoms with Crippen LogP contribution >= 0.6 is 0 Å². The maximum Gasteiger partial charge on any atom is 0.387 e. The Morgan fingerprint density at radius 1 is 0.968 bits per heavy atom. The molecule has 1 heterocycles. The molecule has 31 heavy (non-hydrogen) atoms. The molecule has 0 spiro atoms. The van der Waals surface area contributed by atoms with E-state index in [0.717, 1.165) is 16.9 Å². The molecule has 1 aromatic heterocycles. The predicted octanol–water partition coefficient (Wildman–Crippen LogP) is 4.77. The summed E-state index contributed by atoms with van der Waals surface area (Å²) in [6.07, 6.45) is 0. The van der Waals surface area contributed by atoms with Gasteiger partial charge in [0.2, 0.25) is 11.7 Å². The lowest BCUT2D eigenvalue weighted by Gasteiger charge is -2.16. The van der Waals surface area contributed by atoms with Crippen LogP contribution in [0.3, 0.4) is 0 Å². The summed E-state index contributed by atoms with van der Waals surface area (Å²) < 4.78 is 45.9. The molecular formula is C22H25F2N3O4. The smallest absolute Gasteiger partial charge is 0.387 e. The minimum atomic E-state index is -2.91. The number of ether oxygens (including phenoxy) is 3. The normalized spacial score (nSPS) is 11.2. The van der Waals surface area contributed by atoms with Crippen LogP contribution < -0.4 is 14.2 Å². The van der Waals surface area contributed by atoms with Gasteiger partial charge in [-0.2, -0.15) is 13.8 Å². The average Bonchev–Trinajstić information content (AvgIpc) is 3.19. The van der Waals surface area contributed by atoms with Gasteiger partial charge in [-0.15, -0.1) is 0 Å². The molecule has 9 heteroatoms. The van der Waals surface area contributed by atoms with Crippen molar-refractivity contribution in [3.8, 4) is 28.6 Å². The first-order chi connectivity index (χ1) is 15.0. The lowest BCUT2D eigenvalue weighted by atomic mass is 10.2. The Morgan fingerprint density at radius 2 is 1.71 bits per heavy atom. The number of hydrogen-bond acceptors (Lipinski definition) is 7. The quantitative estimate of drug-likeness (QED) is 0.431. The highest BCUT2D eigenvalue weighted by molar-refractivity contribution is 5.55. The summed E-state index contributed by atoms with van der Waals surface area (Å²) in [6.45, 7) is 2.69. The zero-order chi connectivity index (χ0) is 22.2. The van der Waals surface area contributed by atoms with Crippen molar-refractivity contribution in [2.24, 2.45) is 0 Å². The molecule has 166 valence electrons. The highest BCUT2D eigenvalue weighted by atomic mass is 19.3. The van der Waals surface area contributed by atoms with Gasteiger partial charge >= 0.3 is 6.61 Å². The van der Waals surface area contributed by atoms with Crippen molar-refractivity contribution in [3.63, 3.8) is 0 Å². The molecule has 0 unspecified atom stereocenters. The van der Waals surface area contributed by atoms with E-state index in [9.17, 15) is 8.78 Å². The highest BCUT2D eigenvalue weighted by Crippen LogP contribution is 2.30. The number of rotatable bonds is 11. The van der Waals surface area contributed by atoms with E-state index in [1.54, 1.807) is 19.1 Å². The molecule has 0 amide bonds. The molecule has 0 N–H and O–H groups in total. The van der Waals surface area contributed by atoms with E-state index in [4.69, 9.17) is 14.0 Å². The second-order valence-electron chi connectivity index (χ2n) is 6.73. The van der Waals surface area contributed by atoms with Gasteiger partial charge in [-0.05, 0) is 62.9 Å². The first-order valence-electron chi connectivity index (χ1n) is 9.93. The summed E-state index contributed by atoms with van der Waals surface area (Å²) in [5, 5.41) is 4.04. The predicted molar refractivity (Wildman–Crippen MR) is 110 cm³/mol. The molecule has 0 aliphatic heterocycles. The number of hydrogen-bond donors (Lipinski definition) is 0. The topological polar surface area (TPSA) is 69.9 Å². The number of halogens is 2. The number of alkyl halides is 2. The molecule has 0 fully saturated rings. The lowest BCUT2D eigenvalue weighted by molar-refractivity contribution is -0.0514. The Hall–Kier alpha value is -3.20. The molecule has 0 saturated heterocycles. The van der Waals surface area contributed by atoms with Crippen molar-refractivity contribution < 1.29 is 27.5 Å². The largest absolute Gasteiger partial charge is 0.494 e. The first kappa shape index (κ1) is 22.5. The molecule has 3 aromatic rings. The van der Waals surface area contributed by atoms with Crippen LogP contribution in [0.1, 0.15) is 25.3 Å². The summed E-state index contributed by atoms with van der Waals surface area (Å²) in [5.74, 6) is 2.04. The van der Waals surface area contributed by atoms with Crippen molar-refractivity contribution in [2.75, 3.05) is 20.3 Å². The maximum atomic E-state index is 12.6. The zero-order valence-electron chi connectivity index (χ0n) is 17.7. The second kappa shape index (κ2) is 10.7. The van der Waals surface area contributed by atoms with Crippen LogP contribution in [0.5, 0.6) is 17.2 Å². The van der Waals surface area contributed by atoms with Gasteiger partial charge in [-0.1, -0.05) is 11.2 Å². The Morgan fingerprint density at radius 3 is 2.39 bits per heavy atom. The van der Waals surface area contributed by atoms with Gasteiger partial charge in [-0.3, -0.25) is 4.90 Å². The number of benzene rings is 2. The number of nitrogens with zero attached hydrogens (tertiary/aromatic N) is 3. The Balaban J connectivity index is 1.63. The third-order valence-electron chi connectivity index (χ3n) is 4.27. The molecule has 3 rings (SSSR count). The van der Waals surface area contributed by atoms with Crippen LogP contribution in [0.15, 0.2) is 47.0 Å². The van der Waals surface area contributed by atoms with Crippen LogP contribution in [0.4, 0.5) is 8.78 Å². The van der Waals surface area contributed by atoms with E-state index in [-0.39, 0.29) is 11.5 Å². The van der Waals surface area contributed by atoms with Gasteiger partial charge in [-0.25, -0.2) is 0 Å². The summed E-state index contributed by atoms with van der Waals surface area (Å²) in [6, 6.07) is 12.4. The second-order valence-corrected chi connectivity index (χ2v) is 6.73. The molecule has 2 aromatic carbocycles. The number of aromatic nitrogens is 2. The van der Waals surface area contributed by atoms with Gasteiger partial charge < -0.3 is 18.7 Å². The Labute approximate surface area is 179 Å². The molecular weight excluding hydrogens is 408 g/mol. The SMILES string of the molecule is CCOc1ccc(-c2noc(CN(C)Cc3ccc(OC(F)F)c(OCC)c3)n2)cc1. The van der Waals surface area contributed by atoms with E-state index in [0.29, 0.717) is 38.0 Å². The van der Waals surface area contributed by atoms with Crippen LogP contribution in [-0.2, 0) is 13.1 Å². The maximum absolute atomic E-state index is 12.6. The Kier molecular flexibility index (Phi) is 7.77. The highest BCUT2D eigenvalue weighted by Gasteiger charge is 2.14. The fourth-order valence-corrected chi connectivity index (χ4v) is 3.01.